The number of pyridine rings is 1. The van der Waals surface area contributed by atoms with Gasteiger partial charge in [-0.2, -0.15) is 13.2 Å². The predicted octanol–water partition coefficient (Wildman–Crippen LogP) is 2.94. The van der Waals surface area contributed by atoms with Crippen LogP contribution in [-0.2, 0) is 5.60 Å². The molecule has 2 nitrogen and oxygen atoms in total. The largest absolute Gasteiger partial charge is 0.426 e. The highest BCUT2D eigenvalue weighted by atomic mass is 32.1. The molecule has 2 rings (SSSR count). The van der Waals surface area contributed by atoms with E-state index in [0.29, 0.717) is 0 Å². The normalized spacial score (nSPS) is 15.5. The Bertz CT molecular complexity index is 483. The fourth-order valence-corrected chi connectivity index (χ4v) is 2.39. The summed E-state index contributed by atoms with van der Waals surface area (Å²) in [6.45, 7) is 0. The first-order valence-corrected chi connectivity index (χ1v) is 5.58. The number of hydrogen-bond acceptors (Lipinski definition) is 3. The lowest BCUT2D eigenvalue weighted by Gasteiger charge is -2.29. The van der Waals surface area contributed by atoms with Gasteiger partial charge in [-0.05, 0) is 23.6 Å². The van der Waals surface area contributed by atoms with Gasteiger partial charge in [-0.25, -0.2) is 0 Å². The first-order chi connectivity index (χ1) is 7.96. The van der Waals surface area contributed by atoms with Crippen molar-refractivity contribution in [1.82, 2.24) is 4.98 Å². The first kappa shape index (κ1) is 12.1. The number of rotatable bonds is 2. The highest BCUT2D eigenvalue weighted by Crippen LogP contribution is 2.45. The van der Waals surface area contributed by atoms with Crippen molar-refractivity contribution in [3.63, 3.8) is 0 Å². The molecule has 1 N–H and O–H groups in total. The molecule has 2 heterocycles. The second-order valence-corrected chi connectivity index (χ2v) is 4.37. The fourth-order valence-electron chi connectivity index (χ4n) is 1.52. The van der Waals surface area contributed by atoms with Crippen LogP contribution in [0.4, 0.5) is 13.2 Å². The summed E-state index contributed by atoms with van der Waals surface area (Å²) in [6, 6.07) is 5.05. The van der Waals surface area contributed by atoms with E-state index in [1.54, 1.807) is 0 Å². The predicted molar refractivity (Wildman–Crippen MR) is 57.6 cm³/mol. The van der Waals surface area contributed by atoms with Crippen LogP contribution >= 0.6 is 11.3 Å². The van der Waals surface area contributed by atoms with Crippen LogP contribution in [0, 0.1) is 0 Å². The molecule has 0 bridgehead atoms. The van der Waals surface area contributed by atoms with Crippen LogP contribution in [0.1, 0.15) is 10.4 Å². The summed E-state index contributed by atoms with van der Waals surface area (Å²) < 4.78 is 39.3. The number of aromatic nitrogens is 1. The smallest absolute Gasteiger partial charge is 0.372 e. The zero-order chi connectivity index (χ0) is 12.5. The summed E-state index contributed by atoms with van der Waals surface area (Å²) in [5.41, 5.74) is -3.20. The number of thiophene rings is 1. The highest BCUT2D eigenvalue weighted by Gasteiger charge is 2.56. The molecule has 0 radical (unpaired) electrons. The summed E-state index contributed by atoms with van der Waals surface area (Å²) in [5, 5.41) is 11.5. The van der Waals surface area contributed by atoms with Crippen molar-refractivity contribution in [1.29, 1.82) is 0 Å². The maximum Gasteiger partial charge on any atom is 0.426 e. The van der Waals surface area contributed by atoms with Crippen LogP contribution in [0.25, 0.3) is 0 Å². The summed E-state index contributed by atoms with van der Waals surface area (Å²) in [6.07, 6.45) is -2.33. The van der Waals surface area contributed by atoms with Gasteiger partial charge in [0.25, 0.3) is 0 Å². The van der Waals surface area contributed by atoms with E-state index in [1.807, 2.05) is 0 Å². The van der Waals surface area contributed by atoms with Crippen molar-refractivity contribution < 1.29 is 18.3 Å². The van der Waals surface area contributed by atoms with Gasteiger partial charge in [-0.1, -0.05) is 6.07 Å². The second-order valence-electron chi connectivity index (χ2n) is 3.42. The Morgan fingerprint density at radius 3 is 2.24 bits per heavy atom. The fraction of sp³-hybridized carbons (Fsp3) is 0.182. The summed E-state index contributed by atoms with van der Waals surface area (Å²) in [5.74, 6) is 0. The first-order valence-electron chi connectivity index (χ1n) is 4.70. The molecule has 0 saturated carbocycles. The molecular formula is C11H8F3NOS. The van der Waals surface area contributed by atoms with E-state index >= 15 is 0 Å². The van der Waals surface area contributed by atoms with Crippen molar-refractivity contribution in [2.24, 2.45) is 0 Å². The van der Waals surface area contributed by atoms with E-state index in [-0.39, 0.29) is 10.4 Å². The van der Waals surface area contributed by atoms with E-state index in [9.17, 15) is 18.3 Å². The monoisotopic (exact) mass is 259 g/mol. The lowest BCUT2D eigenvalue weighted by Crippen LogP contribution is -2.42. The molecule has 0 aliphatic rings. The molecule has 0 spiro atoms. The van der Waals surface area contributed by atoms with Gasteiger partial charge in [0.1, 0.15) is 0 Å². The summed E-state index contributed by atoms with van der Waals surface area (Å²) in [7, 11) is 0. The van der Waals surface area contributed by atoms with Crippen molar-refractivity contribution in [2.75, 3.05) is 0 Å². The van der Waals surface area contributed by atoms with Crippen LogP contribution in [0.15, 0.2) is 42.0 Å². The number of alkyl halides is 3. The second kappa shape index (κ2) is 4.12. The van der Waals surface area contributed by atoms with Gasteiger partial charge in [-0.15, -0.1) is 11.3 Å². The van der Waals surface area contributed by atoms with Crippen LogP contribution < -0.4 is 0 Å². The lowest BCUT2D eigenvalue weighted by molar-refractivity contribution is -0.247. The van der Waals surface area contributed by atoms with Crippen LogP contribution in [0.2, 0.25) is 0 Å². The minimum absolute atomic E-state index is 0.156. The van der Waals surface area contributed by atoms with E-state index in [2.05, 4.69) is 4.98 Å². The molecule has 0 aromatic carbocycles. The number of halogens is 3. The average molecular weight is 259 g/mol. The average Bonchev–Trinajstić information content (AvgIpc) is 2.81. The molecule has 90 valence electrons. The van der Waals surface area contributed by atoms with E-state index < -0.39 is 11.8 Å². The third-order valence-corrected chi connectivity index (χ3v) is 3.36. The maximum absolute atomic E-state index is 13.1. The van der Waals surface area contributed by atoms with Crippen LogP contribution in [0.3, 0.4) is 0 Å². The zero-order valence-electron chi connectivity index (χ0n) is 8.48. The van der Waals surface area contributed by atoms with E-state index in [1.165, 1.54) is 29.9 Å². The standard InChI is InChI=1S/C11H8F3NOS/c12-11(13,14)10(16,9-2-1-7-17-9)8-3-5-15-6-4-8/h1-7,16H. The molecule has 0 fully saturated rings. The van der Waals surface area contributed by atoms with Gasteiger partial charge in [-0.3, -0.25) is 4.98 Å². The molecule has 0 saturated heterocycles. The Morgan fingerprint density at radius 1 is 1.12 bits per heavy atom. The third-order valence-electron chi connectivity index (χ3n) is 2.39. The molecule has 17 heavy (non-hydrogen) atoms. The van der Waals surface area contributed by atoms with E-state index in [0.717, 1.165) is 23.5 Å². The van der Waals surface area contributed by atoms with Crippen LogP contribution in [0.5, 0.6) is 0 Å². The molecule has 1 unspecified atom stereocenters. The van der Waals surface area contributed by atoms with Crippen molar-refractivity contribution in [2.45, 2.75) is 11.8 Å². The molecule has 2 aromatic rings. The minimum atomic E-state index is -4.78. The number of aliphatic hydroxyl groups is 1. The van der Waals surface area contributed by atoms with Gasteiger partial charge < -0.3 is 5.11 Å². The minimum Gasteiger partial charge on any atom is -0.372 e. The Labute approximate surface area is 99.4 Å². The molecule has 2 aromatic heterocycles. The SMILES string of the molecule is OC(c1ccncc1)(c1cccs1)C(F)(F)F. The molecule has 1 atom stereocenters. The molecule has 0 aliphatic carbocycles. The Hall–Kier alpha value is -1.40. The summed E-state index contributed by atoms with van der Waals surface area (Å²) >= 11 is 0.861. The highest BCUT2D eigenvalue weighted by molar-refractivity contribution is 7.10. The van der Waals surface area contributed by atoms with Gasteiger partial charge in [0.05, 0.1) is 0 Å². The Morgan fingerprint density at radius 2 is 1.76 bits per heavy atom. The molecule has 6 heteroatoms. The maximum atomic E-state index is 13.1. The molecule has 0 amide bonds. The number of hydrogen-bond donors (Lipinski definition) is 1. The Balaban J connectivity index is 2.61. The van der Waals surface area contributed by atoms with Crippen LogP contribution in [-0.4, -0.2) is 16.3 Å². The van der Waals surface area contributed by atoms with Crippen molar-refractivity contribution in [3.8, 4) is 0 Å². The summed E-state index contributed by atoms with van der Waals surface area (Å²) in [4.78, 5) is 3.49. The molecular weight excluding hydrogens is 251 g/mol. The Kier molecular flexibility index (Phi) is 2.92. The van der Waals surface area contributed by atoms with E-state index in [4.69, 9.17) is 0 Å². The van der Waals surface area contributed by atoms with Crippen molar-refractivity contribution >= 4 is 11.3 Å². The van der Waals surface area contributed by atoms with Gasteiger partial charge in [0, 0.05) is 22.8 Å². The lowest BCUT2D eigenvalue weighted by atomic mass is 9.92. The topological polar surface area (TPSA) is 33.1 Å². The molecule has 0 aliphatic heterocycles. The zero-order valence-corrected chi connectivity index (χ0v) is 9.29. The third kappa shape index (κ3) is 1.94. The van der Waals surface area contributed by atoms with Gasteiger partial charge >= 0.3 is 6.18 Å². The quantitative estimate of drug-likeness (QED) is 0.899. The van der Waals surface area contributed by atoms with Gasteiger partial charge in [0.15, 0.2) is 0 Å². The number of nitrogens with zero attached hydrogens (tertiary/aromatic N) is 1. The van der Waals surface area contributed by atoms with Gasteiger partial charge in [0.2, 0.25) is 5.60 Å². The van der Waals surface area contributed by atoms with Crippen molar-refractivity contribution in [3.05, 3.63) is 52.5 Å².